The van der Waals surface area contributed by atoms with Gasteiger partial charge < -0.3 is 11.1 Å². The summed E-state index contributed by atoms with van der Waals surface area (Å²) in [6.07, 6.45) is -4.29. The molecule has 17 heavy (non-hydrogen) atoms. The molecule has 0 aliphatic rings. The summed E-state index contributed by atoms with van der Waals surface area (Å²) in [7, 11) is -2.54. The van der Waals surface area contributed by atoms with E-state index in [1.54, 1.807) is 5.32 Å². The molecule has 0 radical (unpaired) electrons. The molecule has 0 aromatic heterocycles. The molecular weight excluding hydrogens is 285 g/mol. The lowest BCUT2D eigenvalue weighted by Gasteiger charge is -2.12. The summed E-state index contributed by atoms with van der Waals surface area (Å²) in [6.45, 7) is -1.44. The fourth-order valence-corrected chi connectivity index (χ4v) is 1.33. The summed E-state index contributed by atoms with van der Waals surface area (Å²) in [6, 6.07) is -1.11. The summed E-state index contributed by atoms with van der Waals surface area (Å²) >= 11 is 0. The predicted molar refractivity (Wildman–Crippen MR) is 58.7 cm³/mol. The molecule has 0 heterocycles. The maximum atomic E-state index is 11.7. The first-order valence-electron chi connectivity index (χ1n) is 4.44. The van der Waals surface area contributed by atoms with Crippen molar-refractivity contribution in [1.82, 2.24) is 5.32 Å². The van der Waals surface area contributed by atoms with Crippen molar-refractivity contribution >= 4 is 29.0 Å². The van der Waals surface area contributed by atoms with Crippen molar-refractivity contribution < 1.29 is 26.4 Å². The van der Waals surface area contributed by atoms with E-state index in [1.165, 1.54) is 0 Å². The second-order valence-corrected chi connectivity index (χ2v) is 4.25. The van der Waals surface area contributed by atoms with Gasteiger partial charge >= 0.3 is 6.18 Å². The zero-order valence-corrected chi connectivity index (χ0v) is 10.4. The molecule has 104 valence electrons. The van der Waals surface area contributed by atoms with E-state index in [0.717, 1.165) is 0 Å². The van der Waals surface area contributed by atoms with Crippen molar-refractivity contribution in [3.05, 3.63) is 0 Å². The standard InChI is InChI=1S/C7H13F3N2O3S.ClH/c8-7(9,10)4-12-6(13)5(11)2-1-3-16(14)15;/h5,16H,1-4,11H2,(H,12,13);1H/t5-;/m1./s1. The van der Waals surface area contributed by atoms with Crippen molar-refractivity contribution in [3.8, 4) is 0 Å². The third-order valence-corrected chi connectivity index (χ3v) is 2.34. The zero-order valence-electron chi connectivity index (χ0n) is 8.70. The van der Waals surface area contributed by atoms with E-state index in [9.17, 15) is 26.4 Å². The highest BCUT2D eigenvalue weighted by atomic mass is 35.5. The summed E-state index contributed by atoms with van der Waals surface area (Å²) in [5.74, 6) is -1.06. The first kappa shape index (κ1) is 18.8. The Bertz CT molecular complexity index is 301. The lowest BCUT2D eigenvalue weighted by Crippen LogP contribution is -2.44. The van der Waals surface area contributed by atoms with Crippen LogP contribution in [0.1, 0.15) is 12.8 Å². The van der Waals surface area contributed by atoms with Crippen LogP contribution in [0.25, 0.3) is 0 Å². The normalized spacial score (nSPS) is 13.0. The molecule has 3 N–H and O–H groups in total. The smallest absolute Gasteiger partial charge is 0.346 e. The van der Waals surface area contributed by atoms with E-state index in [1.807, 2.05) is 0 Å². The Morgan fingerprint density at radius 3 is 2.29 bits per heavy atom. The van der Waals surface area contributed by atoms with Crippen LogP contribution in [0.4, 0.5) is 13.2 Å². The lowest BCUT2D eigenvalue weighted by atomic mass is 10.2. The highest BCUT2D eigenvalue weighted by Gasteiger charge is 2.28. The second kappa shape index (κ2) is 8.54. The average Bonchev–Trinajstić information content (AvgIpc) is 2.12. The molecule has 0 aliphatic heterocycles. The SMILES string of the molecule is Cl.N[C@H](CCC[SH](=O)=O)C(=O)NCC(F)(F)F. The molecule has 0 bridgehead atoms. The highest BCUT2D eigenvalue weighted by Crippen LogP contribution is 2.12. The molecule has 0 unspecified atom stereocenters. The van der Waals surface area contributed by atoms with Crippen LogP contribution in [0.3, 0.4) is 0 Å². The molecule has 5 nitrogen and oxygen atoms in total. The molecule has 0 fully saturated rings. The van der Waals surface area contributed by atoms with Gasteiger partial charge in [-0.1, -0.05) is 0 Å². The molecule has 0 saturated carbocycles. The Morgan fingerprint density at radius 1 is 1.35 bits per heavy atom. The van der Waals surface area contributed by atoms with Crippen molar-refractivity contribution in [3.63, 3.8) is 0 Å². The maximum absolute atomic E-state index is 11.7. The number of thiol groups is 1. The molecule has 0 aromatic rings. The number of hydrogen-bond acceptors (Lipinski definition) is 4. The number of alkyl halides is 3. The van der Waals surface area contributed by atoms with Crippen LogP contribution in [0.15, 0.2) is 0 Å². The van der Waals surface area contributed by atoms with Gasteiger partial charge in [-0.05, 0) is 12.8 Å². The summed E-state index contributed by atoms with van der Waals surface area (Å²) in [4.78, 5) is 11.0. The van der Waals surface area contributed by atoms with Crippen LogP contribution in [0.2, 0.25) is 0 Å². The number of carbonyl (C=O) groups excluding carboxylic acids is 1. The molecular formula is C7H14ClF3N2O3S. The molecule has 0 saturated heterocycles. The maximum Gasteiger partial charge on any atom is 0.405 e. The van der Waals surface area contributed by atoms with Gasteiger partial charge in [-0.25, -0.2) is 8.42 Å². The topological polar surface area (TPSA) is 89.3 Å². The summed E-state index contributed by atoms with van der Waals surface area (Å²) in [5.41, 5.74) is 5.26. The van der Waals surface area contributed by atoms with E-state index in [0.29, 0.717) is 0 Å². The molecule has 1 atom stereocenters. The van der Waals surface area contributed by atoms with Crippen molar-refractivity contribution in [2.45, 2.75) is 25.1 Å². The van der Waals surface area contributed by atoms with Crippen molar-refractivity contribution in [2.75, 3.05) is 12.3 Å². The zero-order chi connectivity index (χ0) is 12.8. The van der Waals surface area contributed by atoms with Crippen LogP contribution in [-0.2, 0) is 15.5 Å². The van der Waals surface area contributed by atoms with Crippen LogP contribution in [0, 0.1) is 0 Å². The molecule has 1 amide bonds. The quantitative estimate of drug-likeness (QED) is 0.593. The number of nitrogens with two attached hydrogens (primary N) is 1. The van der Waals surface area contributed by atoms with Crippen LogP contribution in [-0.4, -0.2) is 38.8 Å². The van der Waals surface area contributed by atoms with E-state index in [4.69, 9.17) is 5.73 Å². The minimum absolute atomic E-state index is 0. The van der Waals surface area contributed by atoms with Gasteiger partial charge in [0.1, 0.15) is 17.2 Å². The number of carbonyl (C=O) groups is 1. The van der Waals surface area contributed by atoms with Crippen LogP contribution in [0.5, 0.6) is 0 Å². The van der Waals surface area contributed by atoms with Gasteiger partial charge in [0.25, 0.3) is 0 Å². The van der Waals surface area contributed by atoms with Crippen molar-refractivity contribution in [2.24, 2.45) is 5.73 Å². The monoisotopic (exact) mass is 298 g/mol. The first-order chi connectivity index (χ1) is 7.22. The van der Waals surface area contributed by atoms with Gasteiger partial charge in [-0.15, -0.1) is 12.4 Å². The Kier molecular flexibility index (Phi) is 9.45. The lowest BCUT2D eigenvalue weighted by molar-refractivity contribution is -0.139. The van der Waals surface area contributed by atoms with Gasteiger partial charge in [0.15, 0.2) is 0 Å². The van der Waals surface area contributed by atoms with Crippen molar-refractivity contribution in [1.29, 1.82) is 0 Å². The first-order valence-corrected chi connectivity index (χ1v) is 5.80. The average molecular weight is 299 g/mol. The highest BCUT2D eigenvalue weighted by molar-refractivity contribution is 7.72. The Labute approximate surface area is 104 Å². The number of nitrogens with one attached hydrogen (secondary N) is 1. The third-order valence-electron chi connectivity index (χ3n) is 1.66. The van der Waals surface area contributed by atoms with Gasteiger partial charge in [0.2, 0.25) is 5.91 Å². The van der Waals surface area contributed by atoms with Gasteiger partial charge in [0.05, 0.1) is 6.04 Å². The Balaban J connectivity index is 0. The molecule has 0 aromatic carbocycles. The van der Waals surface area contributed by atoms with Crippen LogP contribution >= 0.6 is 12.4 Å². The molecule has 0 spiro atoms. The van der Waals surface area contributed by atoms with Gasteiger partial charge in [0, 0.05) is 5.75 Å². The summed E-state index contributed by atoms with van der Waals surface area (Å²) in [5, 5.41) is 1.62. The fourth-order valence-electron chi connectivity index (χ4n) is 0.890. The van der Waals surface area contributed by atoms with Gasteiger partial charge in [-0.3, -0.25) is 4.79 Å². The Hall–Kier alpha value is -0.540. The minimum atomic E-state index is -4.48. The van der Waals surface area contributed by atoms with E-state index in [-0.39, 0.29) is 31.0 Å². The fraction of sp³-hybridized carbons (Fsp3) is 0.857. The minimum Gasteiger partial charge on any atom is -0.346 e. The van der Waals surface area contributed by atoms with Gasteiger partial charge in [-0.2, -0.15) is 13.2 Å². The van der Waals surface area contributed by atoms with E-state index in [2.05, 4.69) is 0 Å². The Morgan fingerprint density at radius 2 is 1.88 bits per heavy atom. The van der Waals surface area contributed by atoms with E-state index >= 15 is 0 Å². The number of hydrogen-bond donors (Lipinski definition) is 3. The summed E-state index contributed by atoms with van der Waals surface area (Å²) < 4.78 is 55.4. The van der Waals surface area contributed by atoms with Crippen LogP contribution < -0.4 is 11.1 Å². The third kappa shape index (κ3) is 11.7. The number of halogens is 4. The molecule has 0 aliphatic carbocycles. The number of amides is 1. The second-order valence-electron chi connectivity index (χ2n) is 3.14. The predicted octanol–water partition coefficient (Wildman–Crippen LogP) is -0.194. The largest absolute Gasteiger partial charge is 0.405 e. The molecule has 10 heteroatoms. The van der Waals surface area contributed by atoms with E-state index < -0.39 is 35.4 Å². The molecule has 0 rings (SSSR count). The number of rotatable bonds is 6.